The van der Waals surface area contributed by atoms with E-state index in [9.17, 15) is 9.59 Å². The first kappa shape index (κ1) is 16.0. The van der Waals surface area contributed by atoms with Gasteiger partial charge >= 0.3 is 0 Å². The normalized spacial score (nSPS) is 10.8. The molecular weight excluding hydrogens is 258 g/mol. The van der Waals surface area contributed by atoms with Crippen LogP contribution in [0.2, 0.25) is 0 Å². The summed E-state index contributed by atoms with van der Waals surface area (Å²) in [5, 5.41) is 0. The Morgan fingerprint density at radius 2 is 1.80 bits per heavy atom. The number of amides is 2. The van der Waals surface area contributed by atoms with E-state index < -0.39 is 11.4 Å². The van der Waals surface area contributed by atoms with Crippen LogP contribution in [-0.4, -0.2) is 24.0 Å². The van der Waals surface area contributed by atoms with Crippen molar-refractivity contribution in [3.63, 3.8) is 0 Å². The number of rotatable bonds is 5. The topological polar surface area (TPSA) is 93.5 Å². The summed E-state index contributed by atoms with van der Waals surface area (Å²) in [6.45, 7) is 5.92. The highest BCUT2D eigenvalue weighted by Gasteiger charge is 2.16. The fourth-order valence-corrected chi connectivity index (χ4v) is 1.53. The molecule has 1 aromatic rings. The van der Waals surface area contributed by atoms with Crippen molar-refractivity contribution in [3.8, 4) is 5.75 Å². The lowest BCUT2D eigenvalue weighted by Gasteiger charge is -2.17. The van der Waals surface area contributed by atoms with E-state index in [1.165, 1.54) is 0 Å². The molecule has 0 aliphatic rings. The summed E-state index contributed by atoms with van der Waals surface area (Å²) in [5.41, 5.74) is 10.2. The number of hydrogen-bond acceptors (Lipinski definition) is 4. The first-order valence-electron chi connectivity index (χ1n) is 6.43. The molecule has 0 aliphatic heterocycles. The van der Waals surface area contributed by atoms with Crippen LogP contribution in [0.3, 0.4) is 0 Å². The van der Waals surface area contributed by atoms with Gasteiger partial charge in [-0.05, 0) is 45.0 Å². The number of benzene rings is 1. The Kier molecular flexibility index (Phi) is 5.52. The van der Waals surface area contributed by atoms with Crippen LogP contribution < -0.4 is 21.3 Å². The van der Waals surface area contributed by atoms with Crippen molar-refractivity contribution in [2.75, 3.05) is 6.61 Å². The molecule has 0 radical (unpaired) electrons. The van der Waals surface area contributed by atoms with Gasteiger partial charge in [-0.15, -0.1) is 0 Å². The zero-order valence-electron chi connectivity index (χ0n) is 12.0. The van der Waals surface area contributed by atoms with Crippen LogP contribution in [0.4, 0.5) is 0 Å². The predicted molar refractivity (Wildman–Crippen MR) is 76.1 cm³/mol. The van der Waals surface area contributed by atoms with Crippen LogP contribution in [0, 0.1) is 0 Å². The lowest BCUT2D eigenvalue weighted by Crippen LogP contribution is -2.46. The summed E-state index contributed by atoms with van der Waals surface area (Å²) >= 11 is 0. The Hall–Kier alpha value is -2.08. The third-order valence-electron chi connectivity index (χ3n) is 2.36. The molecule has 0 bridgehead atoms. The maximum absolute atomic E-state index is 11.8. The van der Waals surface area contributed by atoms with Gasteiger partial charge < -0.3 is 10.5 Å². The summed E-state index contributed by atoms with van der Waals surface area (Å²) in [4.78, 5) is 23.3. The Morgan fingerprint density at radius 3 is 2.30 bits per heavy atom. The number of nitrogens with two attached hydrogens (primary N) is 1. The molecule has 1 aromatic carbocycles. The minimum atomic E-state index is -0.617. The molecular formula is C14H21N3O3. The number of carbonyl (C=O) groups is 2. The maximum Gasteiger partial charge on any atom is 0.269 e. The molecule has 20 heavy (non-hydrogen) atoms. The van der Waals surface area contributed by atoms with Gasteiger partial charge in [0.05, 0.1) is 6.61 Å². The smallest absolute Gasteiger partial charge is 0.269 e. The van der Waals surface area contributed by atoms with Crippen molar-refractivity contribution >= 4 is 11.8 Å². The van der Waals surface area contributed by atoms with E-state index in [1.54, 1.807) is 38.1 Å². The van der Waals surface area contributed by atoms with Crippen LogP contribution in [0.25, 0.3) is 0 Å². The number of carbonyl (C=O) groups excluding carboxylic acids is 2. The van der Waals surface area contributed by atoms with Crippen LogP contribution >= 0.6 is 0 Å². The second-order valence-electron chi connectivity index (χ2n) is 5.13. The fourth-order valence-electron chi connectivity index (χ4n) is 1.53. The standard InChI is InChI=1S/C14H21N3O3/c1-4-20-11-7-5-10(6-8-11)13(19)17-16-12(18)9-14(2,3)15/h5-8H,4,9,15H2,1-3H3,(H,16,18)(H,17,19). The third-order valence-corrected chi connectivity index (χ3v) is 2.36. The van der Waals surface area contributed by atoms with Crippen LogP contribution in [0.1, 0.15) is 37.6 Å². The Morgan fingerprint density at radius 1 is 1.20 bits per heavy atom. The molecule has 110 valence electrons. The molecule has 6 nitrogen and oxygen atoms in total. The maximum atomic E-state index is 11.8. The molecule has 0 saturated carbocycles. The van der Waals surface area contributed by atoms with E-state index >= 15 is 0 Å². The van der Waals surface area contributed by atoms with Gasteiger partial charge in [0.1, 0.15) is 5.75 Å². The SMILES string of the molecule is CCOc1ccc(C(=O)NNC(=O)CC(C)(C)N)cc1. The summed E-state index contributed by atoms with van der Waals surface area (Å²) in [6.07, 6.45) is 0.122. The highest BCUT2D eigenvalue weighted by molar-refractivity contribution is 5.95. The van der Waals surface area contributed by atoms with Gasteiger partial charge in [0, 0.05) is 17.5 Å². The highest BCUT2D eigenvalue weighted by Crippen LogP contribution is 2.11. The zero-order valence-corrected chi connectivity index (χ0v) is 12.0. The van der Waals surface area contributed by atoms with Gasteiger partial charge in [-0.2, -0.15) is 0 Å². The van der Waals surface area contributed by atoms with Gasteiger partial charge in [0.25, 0.3) is 5.91 Å². The Labute approximate surface area is 118 Å². The molecule has 1 rings (SSSR count). The lowest BCUT2D eigenvalue weighted by molar-refractivity contribution is -0.122. The van der Waals surface area contributed by atoms with Crippen LogP contribution in [0.15, 0.2) is 24.3 Å². The summed E-state index contributed by atoms with van der Waals surface area (Å²) in [7, 11) is 0. The van der Waals surface area contributed by atoms with Crippen molar-refractivity contribution in [2.24, 2.45) is 5.73 Å². The minimum Gasteiger partial charge on any atom is -0.494 e. The first-order chi connectivity index (χ1) is 9.31. The molecule has 0 aliphatic carbocycles. The fraction of sp³-hybridized carbons (Fsp3) is 0.429. The second kappa shape index (κ2) is 6.91. The van der Waals surface area contributed by atoms with Crippen molar-refractivity contribution in [2.45, 2.75) is 32.7 Å². The number of hydrogen-bond donors (Lipinski definition) is 3. The first-order valence-corrected chi connectivity index (χ1v) is 6.43. The van der Waals surface area contributed by atoms with Crippen molar-refractivity contribution in [1.82, 2.24) is 10.9 Å². The molecule has 0 spiro atoms. The van der Waals surface area contributed by atoms with Gasteiger partial charge in [-0.3, -0.25) is 20.4 Å². The van der Waals surface area contributed by atoms with Crippen molar-refractivity contribution in [1.29, 1.82) is 0 Å². The number of hydrazine groups is 1. The number of nitrogens with one attached hydrogen (secondary N) is 2. The van der Waals surface area contributed by atoms with Gasteiger partial charge in [0.15, 0.2) is 0 Å². The molecule has 0 fully saturated rings. The Balaban J connectivity index is 2.48. The van der Waals surface area contributed by atoms with E-state index in [0.29, 0.717) is 17.9 Å². The summed E-state index contributed by atoms with van der Waals surface area (Å²) in [5.74, 6) is -0.0361. The van der Waals surface area contributed by atoms with Gasteiger partial charge in [0.2, 0.25) is 5.91 Å². The molecule has 6 heteroatoms. The van der Waals surface area contributed by atoms with Crippen molar-refractivity contribution in [3.05, 3.63) is 29.8 Å². The number of ether oxygens (including phenoxy) is 1. The van der Waals surface area contributed by atoms with E-state index in [-0.39, 0.29) is 12.3 Å². The average Bonchev–Trinajstić information content (AvgIpc) is 2.35. The molecule has 0 heterocycles. The predicted octanol–water partition coefficient (Wildman–Crippen LogP) is 0.974. The molecule has 2 amide bonds. The Bertz CT molecular complexity index is 464. The average molecular weight is 279 g/mol. The van der Waals surface area contributed by atoms with E-state index in [2.05, 4.69) is 10.9 Å². The second-order valence-corrected chi connectivity index (χ2v) is 5.13. The van der Waals surface area contributed by atoms with Crippen LogP contribution in [0.5, 0.6) is 5.75 Å². The minimum absolute atomic E-state index is 0.122. The third kappa shape index (κ3) is 5.71. The molecule has 0 unspecified atom stereocenters. The van der Waals surface area contributed by atoms with E-state index in [4.69, 9.17) is 10.5 Å². The van der Waals surface area contributed by atoms with E-state index in [1.807, 2.05) is 6.92 Å². The van der Waals surface area contributed by atoms with E-state index in [0.717, 1.165) is 0 Å². The monoisotopic (exact) mass is 279 g/mol. The molecule has 0 saturated heterocycles. The van der Waals surface area contributed by atoms with Crippen LogP contribution in [-0.2, 0) is 4.79 Å². The molecule has 4 N–H and O–H groups in total. The quantitative estimate of drug-likeness (QED) is 0.700. The summed E-state index contributed by atoms with van der Waals surface area (Å²) < 4.78 is 5.28. The lowest BCUT2D eigenvalue weighted by atomic mass is 10.0. The zero-order chi connectivity index (χ0) is 15.2. The largest absolute Gasteiger partial charge is 0.494 e. The van der Waals surface area contributed by atoms with Gasteiger partial charge in [-0.25, -0.2) is 0 Å². The van der Waals surface area contributed by atoms with Crippen molar-refractivity contribution < 1.29 is 14.3 Å². The highest BCUT2D eigenvalue weighted by atomic mass is 16.5. The molecule has 0 atom stereocenters. The molecule has 0 aromatic heterocycles. The van der Waals surface area contributed by atoms with Gasteiger partial charge in [-0.1, -0.05) is 0 Å². The summed E-state index contributed by atoms with van der Waals surface area (Å²) in [6, 6.07) is 6.64.